The van der Waals surface area contributed by atoms with E-state index in [-0.39, 0.29) is 6.09 Å². The summed E-state index contributed by atoms with van der Waals surface area (Å²) in [5.74, 6) is 0.730. The third-order valence-electron chi connectivity index (χ3n) is 3.42. The molecule has 3 atom stereocenters. The van der Waals surface area contributed by atoms with Crippen LogP contribution in [0.3, 0.4) is 0 Å². The zero-order valence-corrected chi connectivity index (χ0v) is 12.9. The van der Waals surface area contributed by atoms with Crippen LogP contribution >= 0.6 is 22.9 Å². The quantitative estimate of drug-likeness (QED) is 0.614. The van der Waals surface area contributed by atoms with Gasteiger partial charge in [-0.3, -0.25) is 3.53 Å². The van der Waals surface area contributed by atoms with Crippen LogP contribution in [0.25, 0.3) is 0 Å². The fourth-order valence-electron chi connectivity index (χ4n) is 2.59. The minimum atomic E-state index is -0.402. The molecule has 0 spiro atoms. The first-order valence-electron chi connectivity index (χ1n) is 6.27. The van der Waals surface area contributed by atoms with Crippen molar-refractivity contribution in [2.45, 2.75) is 57.7 Å². The second-order valence-corrected chi connectivity index (χ2v) is 6.78. The molecule has 2 rings (SSSR count). The molecule has 1 amide bonds. The number of fused-ring (bicyclic) bond motifs is 1. The van der Waals surface area contributed by atoms with Crippen molar-refractivity contribution in [2.75, 3.05) is 6.54 Å². The van der Waals surface area contributed by atoms with Crippen LogP contribution in [0.1, 0.15) is 40.0 Å². The topological polar surface area (TPSA) is 41.6 Å². The average Bonchev–Trinajstić information content (AvgIpc) is 2.93. The number of nitrogens with zero attached hydrogens (tertiary/aromatic N) is 1. The van der Waals surface area contributed by atoms with E-state index >= 15 is 0 Å². The van der Waals surface area contributed by atoms with Crippen LogP contribution in [-0.2, 0) is 4.74 Å². The van der Waals surface area contributed by atoms with E-state index < -0.39 is 5.60 Å². The largest absolute Gasteiger partial charge is 0.444 e. The van der Waals surface area contributed by atoms with E-state index in [2.05, 4.69) is 26.4 Å². The Morgan fingerprint density at radius 2 is 2.18 bits per heavy atom. The van der Waals surface area contributed by atoms with E-state index in [1.54, 1.807) is 0 Å². The van der Waals surface area contributed by atoms with Crippen molar-refractivity contribution in [2.24, 2.45) is 5.92 Å². The van der Waals surface area contributed by atoms with Gasteiger partial charge in [0.05, 0.1) is 0 Å². The maximum atomic E-state index is 12.2. The van der Waals surface area contributed by atoms with E-state index in [0.29, 0.717) is 12.1 Å². The average molecular weight is 352 g/mol. The Hall–Kier alpha value is -0.0400. The highest BCUT2D eigenvalue weighted by molar-refractivity contribution is 14.1. The summed E-state index contributed by atoms with van der Waals surface area (Å²) in [6.45, 7) is 6.61. The van der Waals surface area contributed by atoms with Crippen LogP contribution in [0.5, 0.6) is 0 Å². The van der Waals surface area contributed by atoms with Crippen LogP contribution in [-0.4, -0.2) is 35.2 Å². The third kappa shape index (κ3) is 3.24. The molecule has 1 saturated heterocycles. The van der Waals surface area contributed by atoms with Gasteiger partial charge < -0.3 is 9.64 Å². The van der Waals surface area contributed by atoms with Crippen molar-refractivity contribution in [1.82, 2.24) is 8.43 Å². The Labute approximate surface area is 117 Å². The SMILES string of the molecule is CC(C)(C)OC(=O)N1C2C[C@H]2CC[C@H]1CNI. The van der Waals surface area contributed by atoms with Crippen LogP contribution in [0.2, 0.25) is 0 Å². The molecule has 0 aromatic heterocycles. The molecule has 0 aromatic carbocycles. The standard InChI is InChI=1S/C12H21IN2O2/c1-12(2,3)17-11(16)15-9(7-14-13)5-4-8-6-10(8)15/h8-10,14H,4-7H2,1-3H3/t8-,9+,10?/m1/s1. The first-order chi connectivity index (χ1) is 7.92. The monoisotopic (exact) mass is 352 g/mol. The van der Waals surface area contributed by atoms with Crippen molar-refractivity contribution in [3.8, 4) is 0 Å². The van der Waals surface area contributed by atoms with Crippen molar-refractivity contribution < 1.29 is 9.53 Å². The van der Waals surface area contributed by atoms with Gasteiger partial charge in [0.15, 0.2) is 0 Å². The summed E-state index contributed by atoms with van der Waals surface area (Å²) in [4.78, 5) is 14.2. The predicted octanol–water partition coefficient (Wildman–Crippen LogP) is 2.71. The molecule has 17 heavy (non-hydrogen) atoms. The number of hydrogen-bond acceptors (Lipinski definition) is 3. The highest BCUT2D eigenvalue weighted by Gasteiger charge is 2.50. The van der Waals surface area contributed by atoms with Gasteiger partial charge in [-0.2, -0.15) is 0 Å². The fourth-order valence-corrected chi connectivity index (χ4v) is 3.10. The molecule has 1 N–H and O–H groups in total. The lowest BCUT2D eigenvalue weighted by Gasteiger charge is -2.36. The molecule has 4 nitrogen and oxygen atoms in total. The molecular weight excluding hydrogens is 331 g/mol. The van der Waals surface area contributed by atoms with E-state index in [4.69, 9.17) is 4.74 Å². The summed E-state index contributed by atoms with van der Waals surface area (Å²) in [6, 6.07) is 0.735. The van der Waals surface area contributed by atoms with Crippen molar-refractivity contribution in [3.63, 3.8) is 0 Å². The number of carbonyl (C=O) groups is 1. The number of carbonyl (C=O) groups excluding carboxylic acids is 1. The third-order valence-corrected chi connectivity index (χ3v) is 3.86. The first-order valence-corrected chi connectivity index (χ1v) is 7.35. The zero-order valence-electron chi connectivity index (χ0n) is 10.7. The lowest BCUT2D eigenvalue weighted by molar-refractivity contribution is 0.00796. The number of ether oxygens (including phenoxy) is 1. The van der Waals surface area contributed by atoms with Gasteiger partial charge in [-0.15, -0.1) is 0 Å². The normalized spacial score (nSPS) is 32.0. The van der Waals surface area contributed by atoms with Gasteiger partial charge in [0, 0.05) is 41.5 Å². The van der Waals surface area contributed by atoms with Gasteiger partial charge >= 0.3 is 6.09 Å². The Morgan fingerprint density at radius 3 is 2.76 bits per heavy atom. The van der Waals surface area contributed by atoms with E-state index in [1.165, 1.54) is 6.42 Å². The van der Waals surface area contributed by atoms with E-state index in [1.807, 2.05) is 25.7 Å². The molecule has 1 unspecified atom stereocenters. The molecule has 1 heterocycles. The number of amides is 1. The number of halogens is 1. The summed E-state index contributed by atoms with van der Waals surface area (Å²) in [6.07, 6.45) is 3.38. The molecule has 2 fully saturated rings. The lowest BCUT2D eigenvalue weighted by Crippen LogP contribution is -2.50. The second kappa shape index (κ2) is 4.91. The highest BCUT2D eigenvalue weighted by Crippen LogP contribution is 2.45. The highest BCUT2D eigenvalue weighted by atomic mass is 127. The molecule has 1 aliphatic heterocycles. The Bertz CT molecular complexity index is 303. The molecule has 98 valence electrons. The Balaban J connectivity index is 2.02. The summed E-state index contributed by atoms with van der Waals surface area (Å²) < 4.78 is 8.65. The predicted molar refractivity (Wildman–Crippen MR) is 75.0 cm³/mol. The van der Waals surface area contributed by atoms with Gasteiger partial charge in [-0.1, -0.05) is 0 Å². The lowest BCUT2D eigenvalue weighted by atomic mass is 10.0. The minimum Gasteiger partial charge on any atom is -0.444 e. The van der Waals surface area contributed by atoms with Crippen LogP contribution in [0.15, 0.2) is 0 Å². The maximum Gasteiger partial charge on any atom is 0.410 e. The van der Waals surface area contributed by atoms with Crippen molar-refractivity contribution in [1.29, 1.82) is 0 Å². The molecular formula is C12H21IN2O2. The maximum absolute atomic E-state index is 12.2. The van der Waals surface area contributed by atoms with Gasteiger partial charge in [0.25, 0.3) is 0 Å². The van der Waals surface area contributed by atoms with Gasteiger partial charge in [-0.25, -0.2) is 4.79 Å². The number of nitrogens with one attached hydrogen (secondary N) is 1. The zero-order chi connectivity index (χ0) is 12.6. The summed E-state index contributed by atoms with van der Waals surface area (Å²) in [5, 5.41) is 0. The summed E-state index contributed by atoms with van der Waals surface area (Å²) in [5.41, 5.74) is -0.402. The van der Waals surface area contributed by atoms with Gasteiger partial charge in [0.1, 0.15) is 5.60 Å². The van der Waals surface area contributed by atoms with Gasteiger partial charge in [0.2, 0.25) is 0 Å². The summed E-state index contributed by atoms with van der Waals surface area (Å²) in [7, 11) is 0. The molecule has 1 aliphatic carbocycles. The number of rotatable bonds is 2. The molecule has 1 saturated carbocycles. The molecule has 0 radical (unpaired) electrons. The Morgan fingerprint density at radius 1 is 1.47 bits per heavy atom. The van der Waals surface area contributed by atoms with Crippen LogP contribution in [0.4, 0.5) is 4.79 Å². The van der Waals surface area contributed by atoms with Crippen LogP contribution < -0.4 is 3.53 Å². The summed E-state index contributed by atoms with van der Waals surface area (Å²) >= 11 is 2.14. The number of hydrogen-bond donors (Lipinski definition) is 1. The molecule has 0 aromatic rings. The Kier molecular flexibility index (Phi) is 3.87. The van der Waals surface area contributed by atoms with Gasteiger partial charge in [-0.05, 0) is 46.0 Å². The fraction of sp³-hybridized carbons (Fsp3) is 0.917. The van der Waals surface area contributed by atoms with Crippen LogP contribution in [0, 0.1) is 5.92 Å². The number of piperidine rings is 1. The van der Waals surface area contributed by atoms with Crippen molar-refractivity contribution >= 4 is 29.0 Å². The number of likely N-dealkylation sites (tertiary alicyclic amines) is 1. The molecule has 2 aliphatic rings. The smallest absolute Gasteiger partial charge is 0.410 e. The van der Waals surface area contributed by atoms with E-state index in [0.717, 1.165) is 25.3 Å². The second-order valence-electron chi connectivity index (χ2n) is 6.02. The van der Waals surface area contributed by atoms with Crippen molar-refractivity contribution in [3.05, 3.63) is 0 Å². The molecule has 0 bridgehead atoms. The molecule has 5 heteroatoms. The first kappa shape index (κ1) is 13.4. The van der Waals surface area contributed by atoms with E-state index in [9.17, 15) is 4.79 Å². The minimum absolute atomic E-state index is 0.138.